The van der Waals surface area contributed by atoms with E-state index in [9.17, 15) is 0 Å². The molecule has 0 amide bonds. The van der Waals surface area contributed by atoms with Crippen molar-refractivity contribution in [2.24, 2.45) is 0 Å². The highest BCUT2D eigenvalue weighted by molar-refractivity contribution is 7.98. The molecular formula is C9H10N4S. The van der Waals surface area contributed by atoms with Crippen LogP contribution in [0.5, 0.6) is 0 Å². The van der Waals surface area contributed by atoms with Crippen molar-refractivity contribution in [3.8, 4) is 5.69 Å². The van der Waals surface area contributed by atoms with Gasteiger partial charge in [0.25, 0.3) is 0 Å². The van der Waals surface area contributed by atoms with Crippen LogP contribution >= 0.6 is 11.8 Å². The van der Waals surface area contributed by atoms with E-state index in [2.05, 4.69) is 10.2 Å². The molecule has 1 aromatic carbocycles. The van der Waals surface area contributed by atoms with Crippen LogP contribution in [0.15, 0.2) is 35.4 Å². The molecule has 0 aliphatic rings. The predicted octanol–water partition coefficient (Wildman–Crippen LogP) is 1.57. The molecule has 0 radical (unpaired) electrons. The zero-order chi connectivity index (χ0) is 9.97. The number of para-hydroxylation sites is 1. The van der Waals surface area contributed by atoms with Crippen LogP contribution in [0.4, 0.5) is 5.82 Å². The molecule has 14 heavy (non-hydrogen) atoms. The number of anilines is 1. The van der Waals surface area contributed by atoms with Crippen LogP contribution in [0.1, 0.15) is 0 Å². The molecular weight excluding hydrogens is 196 g/mol. The summed E-state index contributed by atoms with van der Waals surface area (Å²) < 4.78 is 0. The summed E-state index contributed by atoms with van der Waals surface area (Å²) in [5, 5.41) is 8.12. The Hall–Kier alpha value is -1.49. The third kappa shape index (κ3) is 1.58. The first kappa shape index (κ1) is 9.08. The van der Waals surface area contributed by atoms with Gasteiger partial charge < -0.3 is 5.73 Å². The zero-order valence-electron chi connectivity index (χ0n) is 7.71. The Morgan fingerprint density at radius 3 is 2.79 bits per heavy atom. The second-order valence-corrected chi connectivity index (χ2v) is 3.58. The van der Waals surface area contributed by atoms with Gasteiger partial charge in [-0.1, -0.05) is 12.1 Å². The molecule has 5 heteroatoms. The third-order valence-corrected chi connectivity index (χ3v) is 2.60. The lowest BCUT2D eigenvalue weighted by Crippen LogP contribution is -2.00. The average Bonchev–Trinajstić information content (AvgIpc) is 2.65. The van der Waals surface area contributed by atoms with E-state index in [4.69, 9.17) is 5.73 Å². The van der Waals surface area contributed by atoms with Gasteiger partial charge >= 0.3 is 0 Å². The van der Waals surface area contributed by atoms with E-state index in [1.165, 1.54) is 6.20 Å². The maximum Gasteiger partial charge on any atom is 0.166 e. The van der Waals surface area contributed by atoms with Crippen LogP contribution in [-0.2, 0) is 0 Å². The van der Waals surface area contributed by atoms with Crippen molar-refractivity contribution in [1.29, 1.82) is 0 Å². The molecule has 4 nitrogen and oxygen atoms in total. The second kappa shape index (κ2) is 3.71. The Labute approximate surface area is 86.1 Å². The maximum atomic E-state index is 5.51. The van der Waals surface area contributed by atoms with E-state index in [0.717, 1.165) is 10.6 Å². The molecule has 0 aliphatic heterocycles. The highest BCUT2D eigenvalue weighted by Crippen LogP contribution is 2.22. The van der Waals surface area contributed by atoms with Crippen LogP contribution < -0.4 is 5.73 Å². The minimum absolute atomic E-state index is 0.431. The van der Waals surface area contributed by atoms with E-state index in [1.54, 1.807) is 16.6 Å². The van der Waals surface area contributed by atoms with Gasteiger partial charge in [-0.15, -0.1) is 21.7 Å². The molecule has 2 rings (SSSR count). The normalized spacial score (nSPS) is 10.4. The van der Waals surface area contributed by atoms with Crippen molar-refractivity contribution in [2.75, 3.05) is 12.0 Å². The summed E-state index contributed by atoms with van der Waals surface area (Å²) in [5.74, 6) is 0.431. The minimum atomic E-state index is 0.431. The monoisotopic (exact) mass is 206 g/mol. The number of nitrogens with two attached hydrogens (primary N) is 1. The number of hydrogen-bond donors (Lipinski definition) is 1. The van der Waals surface area contributed by atoms with E-state index >= 15 is 0 Å². The van der Waals surface area contributed by atoms with Gasteiger partial charge in [-0.3, -0.25) is 0 Å². The summed E-state index contributed by atoms with van der Waals surface area (Å²) in [4.78, 5) is 2.67. The molecule has 0 saturated carbocycles. The highest BCUT2D eigenvalue weighted by Gasteiger charge is 2.04. The van der Waals surface area contributed by atoms with E-state index in [-0.39, 0.29) is 0 Å². The van der Waals surface area contributed by atoms with Crippen LogP contribution in [0, 0.1) is 0 Å². The number of nitrogen functional groups attached to an aromatic ring is 1. The summed E-state index contributed by atoms with van der Waals surface area (Å²) in [6, 6.07) is 7.93. The topological polar surface area (TPSA) is 56.7 Å². The van der Waals surface area contributed by atoms with Crippen molar-refractivity contribution < 1.29 is 0 Å². The van der Waals surface area contributed by atoms with Gasteiger partial charge in [0.2, 0.25) is 0 Å². The maximum absolute atomic E-state index is 5.51. The Bertz CT molecular complexity index is 438. The van der Waals surface area contributed by atoms with E-state index in [0.29, 0.717) is 5.82 Å². The fourth-order valence-corrected chi connectivity index (χ4v) is 1.76. The number of thioether (sulfide) groups is 1. The third-order valence-electron chi connectivity index (χ3n) is 1.81. The summed E-state index contributed by atoms with van der Waals surface area (Å²) in [7, 11) is 0. The van der Waals surface area contributed by atoms with Gasteiger partial charge in [-0.25, -0.2) is 0 Å². The number of nitrogens with zero attached hydrogens (tertiary/aromatic N) is 3. The Morgan fingerprint density at radius 1 is 1.36 bits per heavy atom. The van der Waals surface area contributed by atoms with Gasteiger partial charge in [-0.05, 0) is 18.4 Å². The van der Waals surface area contributed by atoms with Crippen LogP contribution in [0.3, 0.4) is 0 Å². The van der Waals surface area contributed by atoms with Gasteiger partial charge in [0.1, 0.15) is 0 Å². The van der Waals surface area contributed by atoms with Gasteiger partial charge in [0.15, 0.2) is 5.82 Å². The summed E-state index contributed by atoms with van der Waals surface area (Å²) in [6.07, 6.45) is 3.56. The Balaban J connectivity index is 2.50. The molecule has 0 fully saturated rings. The molecule has 0 bridgehead atoms. The van der Waals surface area contributed by atoms with Crippen molar-refractivity contribution in [2.45, 2.75) is 4.90 Å². The van der Waals surface area contributed by atoms with Crippen molar-refractivity contribution >= 4 is 17.6 Å². The minimum Gasteiger partial charge on any atom is -0.381 e. The first-order valence-corrected chi connectivity index (χ1v) is 5.35. The smallest absolute Gasteiger partial charge is 0.166 e. The van der Waals surface area contributed by atoms with Gasteiger partial charge in [0, 0.05) is 4.90 Å². The standard InChI is InChI=1S/C9H10N4S/c1-14-8-5-3-2-4-7(8)13-11-6-9(10)12-13/h2-6H,1H3,(H2,10,12). The molecule has 1 heterocycles. The number of hydrogen-bond acceptors (Lipinski definition) is 4. The summed E-state index contributed by atoms with van der Waals surface area (Å²) in [6.45, 7) is 0. The van der Waals surface area contributed by atoms with Crippen LogP contribution in [0.2, 0.25) is 0 Å². The zero-order valence-corrected chi connectivity index (χ0v) is 8.53. The highest BCUT2D eigenvalue weighted by atomic mass is 32.2. The lowest BCUT2D eigenvalue weighted by atomic mass is 10.3. The fourth-order valence-electron chi connectivity index (χ4n) is 1.19. The molecule has 2 aromatic rings. The fraction of sp³-hybridized carbons (Fsp3) is 0.111. The molecule has 72 valence electrons. The number of benzene rings is 1. The van der Waals surface area contributed by atoms with Crippen molar-refractivity contribution in [3.05, 3.63) is 30.5 Å². The molecule has 0 spiro atoms. The summed E-state index contributed by atoms with van der Waals surface area (Å²) >= 11 is 1.66. The van der Waals surface area contributed by atoms with E-state index in [1.807, 2.05) is 30.5 Å². The molecule has 0 aliphatic carbocycles. The molecule has 2 N–H and O–H groups in total. The van der Waals surface area contributed by atoms with Crippen molar-refractivity contribution in [1.82, 2.24) is 15.0 Å². The Kier molecular flexibility index (Phi) is 2.41. The van der Waals surface area contributed by atoms with Crippen molar-refractivity contribution in [3.63, 3.8) is 0 Å². The average molecular weight is 206 g/mol. The summed E-state index contributed by atoms with van der Waals surface area (Å²) in [5.41, 5.74) is 6.46. The van der Waals surface area contributed by atoms with E-state index < -0.39 is 0 Å². The SMILES string of the molecule is CSc1ccccc1-n1ncc(N)n1. The van der Waals surface area contributed by atoms with Crippen LogP contribution in [-0.4, -0.2) is 21.2 Å². The number of rotatable bonds is 2. The molecule has 0 unspecified atom stereocenters. The quantitative estimate of drug-likeness (QED) is 0.758. The Morgan fingerprint density at radius 2 is 2.14 bits per heavy atom. The largest absolute Gasteiger partial charge is 0.381 e. The van der Waals surface area contributed by atoms with Gasteiger partial charge in [-0.2, -0.15) is 5.10 Å². The lowest BCUT2D eigenvalue weighted by Gasteiger charge is -2.04. The first-order valence-electron chi connectivity index (χ1n) is 4.12. The van der Waals surface area contributed by atoms with Gasteiger partial charge in [0.05, 0.1) is 11.9 Å². The molecule has 1 aromatic heterocycles. The first-order chi connectivity index (χ1) is 6.81. The second-order valence-electron chi connectivity index (χ2n) is 2.73. The molecule has 0 atom stereocenters. The number of aromatic nitrogens is 3. The lowest BCUT2D eigenvalue weighted by molar-refractivity contribution is 0.742. The predicted molar refractivity (Wildman–Crippen MR) is 57.6 cm³/mol. The van der Waals surface area contributed by atoms with Crippen LogP contribution in [0.25, 0.3) is 5.69 Å². The molecule has 0 saturated heterocycles.